The van der Waals surface area contributed by atoms with Crippen molar-refractivity contribution >= 4 is 11.0 Å². The van der Waals surface area contributed by atoms with Gasteiger partial charge in [-0.3, -0.25) is 0 Å². The van der Waals surface area contributed by atoms with Gasteiger partial charge in [0, 0.05) is 23.4 Å². The SMILES string of the molecule is CC1(CO)CCCC1NCc1cc2cc(F)ccc2o1. The molecule has 0 spiro atoms. The van der Waals surface area contributed by atoms with E-state index in [4.69, 9.17) is 4.42 Å². The first-order chi connectivity index (χ1) is 9.60. The lowest BCUT2D eigenvalue weighted by Crippen LogP contribution is -2.41. The Morgan fingerprint density at radius 2 is 2.30 bits per heavy atom. The number of hydrogen-bond acceptors (Lipinski definition) is 3. The smallest absolute Gasteiger partial charge is 0.134 e. The molecule has 1 aromatic carbocycles. The summed E-state index contributed by atoms with van der Waals surface area (Å²) < 4.78 is 18.8. The Labute approximate surface area is 117 Å². The predicted octanol–water partition coefficient (Wildman–Crippen LogP) is 3.21. The molecule has 4 heteroatoms. The van der Waals surface area contributed by atoms with Crippen molar-refractivity contribution in [1.29, 1.82) is 0 Å². The first kappa shape index (κ1) is 13.6. The molecule has 2 atom stereocenters. The van der Waals surface area contributed by atoms with Crippen LogP contribution in [0.2, 0.25) is 0 Å². The molecule has 0 aliphatic heterocycles. The zero-order valence-electron chi connectivity index (χ0n) is 11.7. The Morgan fingerprint density at radius 1 is 1.45 bits per heavy atom. The highest BCUT2D eigenvalue weighted by molar-refractivity contribution is 5.77. The number of fused-ring (bicyclic) bond motifs is 1. The maximum Gasteiger partial charge on any atom is 0.134 e. The van der Waals surface area contributed by atoms with Crippen molar-refractivity contribution in [3.63, 3.8) is 0 Å². The number of aliphatic hydroxyl groups excluding tert-OH is 1. The van der Waals surface area contributed by atoms with Crippen molar-refractivity contribution in [2.45, 2.75) is 38.8 Å². The van der Waals surface area contributed by atoms with Gasteiger partial charge in [-0.05, 0) is 37.1 Å². The van der Waals surface area contributed by atoms with E-state index in [-0.39, 0.29) is 17.8 Å². The minimum absolute atomic E-state index is 0.0435. The fourth-order valence-electron chi connectivity index (χ4n) is 3.15. The minimum atomic E-state index is -0.249. The number of benzene rings is 1. The van der Waals surface area contributed by atoms with Crippen molar-refractivity contribution in [3.05, 3.63) is 35.8 Å². The van der Waals surface area contributed by atoms with Gasteiger partial charge in [0.1, 0.15) is 17.2 Å². The summed E-state index contributed by atoms with van der Waals surface area (Å²) in [4.78, 5) is 0. The van der Waals surface area contributed by atoms with Crippen LogP contribution in [0.15, 0.2) is 28.7 Å². The molecule has 1 aliphatic carbocycles. The van der Waals surface area contributed by atoms with E-state index in [1.807, 2.05) is 6.07 Å². The second-order valence-corrected chi connectivity index (χ2v) is 6.03. The molecule has 108 valence electrons. The van der Waals surface area contributed by atoms with E-state index in [1.165, 1.54) is 12.1 Å². The summed E-state index contributed by atoms with van der Waals surface area (Å²) in [5.74, 6) is 0.555. The average Bonchev–Trinajstić information content (AvgIpc) is 3.00. The van der Waals surface area contributed by atoms with Crippen LogP contribution in [-0.4, -0.2) is 17.8 Å². The van der Waals surface area contributed by atoms with Crippen molar-refractivity contribution in [2.75, 3.05) is 6.61 Å². The molecule has 2 aromatic rings. The molecule has 2 unspecified atom stereocenters. The molecular formula is C16H20FNO2. The Morgan fingerprint density at radius 3 is 3.10 bits per heavy atom. The third kappa shape index (κ3) is 2.45. The van der Waals surface area contributed by atoms with Crippen molar-refractivity contribution in [3.8, 4) is 0 Å². The number of nitrogens with one attached hydrogen (secondary N) is 1. The Hall–Kier alpha value is -1.39. The molecular weight excluding hydrogens is 257 g/mol. The summed E-state index contributed by atoms with van der Waals surface area (Å²) in [7, 11) is 0. The fraction of sp³-hybridized carbons (Fsp3) is 0.500. The molecule has 0 bridgehead atoms. The monoisotopic (exact) mass is 277 g/mol. The lowest BCUT2D eigenvalue weighted by atomic mass is 9.86. The average molecular weight is 277 g/mol. The molecule has 1 saturated carbocycles. The maximum absolute atomic E-state index is 13.1. The molecule has 3 nitrogen and oxygen atoms in total. The van der Waals surface area contributed by atoms with Gasteiger partial charge < -0.3 is 14.8 Å². The zero-order valence-corrected chi connectivity index (χ0v) is 11.7. The molecule has 0 radical (unpaired) electrons. The van der Waals surface area contributed by atoms with Crippen LogP contribution in [-0.2, 0) is 6.54 Å². The van der Waals surface area contributed by atoms with Crippen LogP contribution < -0.4 is 5.32 Å². The molecule has 2 N–H and O–H groups in total. The highest BCUT2D eigenvalue weighted by atomic mass is 19.1. The summed E-state index contributed by atoms with van der Waals surface area (Å²) in [5, 5.41) is 13.8. The van der Waals surface area contributed by atoms with Gasteiger partial charge in [0.05, 0.1) is 6.54 Å². The lowest BCUT2D eigenvalue weighted by molar-refractivity contribution is 0.117. The molecule has 1 aromatic heterocycles. The number of hydrogen-bond donors (Lipinski definition) is 2. The Kier molecular flexibility index (Phi) is 3.52. The third-order valence-electron chi connectivity index (χ3n) is 4.50. The molecule has 20 heavy (non-hydrogen) atoms. The van der Waals surface area contributed by atoms with Gasteiger partial charge >= 0.3 is 0 Å². The topological polar surface area (TPSA) is 45.4 Å². The molecule has 1 fully saturated rings. The van der Waals surface area contributed by atoms with Crippen molar-refractivity contribution in [1.82, 2.24) is 5.32 Å². The first-order valence-corrected chi connectivity index (χ1v) is 7.13. The van der Waals surface area contributed by atoms with Gasteiger partial charge in [-0.2, -0.15) is 0 Å². The van der Waals surface area contributed by atoms with Gasteiger partial charge in [0.2, 0.25) is 0 Å². The van der Waals surface area contributed by atoms with Crippen LogP contribution in [0.3, 0.4) is 0 Å². The highest BCUT2D eigenvalue weighted by Crippen LogP contribution is 2.37. The van der Waals surface area contributed by atoms with E-state index < -0.39 is 0 Å². The van der Waals surface area contributed by atoms with E-state index >= 15 is 0 Å². The standard InChI is InChI=1S/C16H20FNO2/c1-16(10-19)6-2-3-15(16)18-9-13-8-11-7-12(17)4-5-14(11)20-13/h4-5,7-8,15,18-19H,2-3,6,9-10H2,1H3. The number of furan rings is 1. The number of halogens is 1. The predicted molar refractivity (Wildman–Crippen MR) is 75.8 cm³/mol. The van der Waals surface area contributed by atoms with E-state index in [0.717, 1.165) is 30.4 Å². The Bertz CT molecular complexity index is 610. The van der Waals surface area contributed by atoms with Crippen LogP contribution >= 0.6 is 0 Å². The van der Waals surface area contributed by atoms with Crippen LogP contribution in [0, 0.1) is 11.2 Å². The number of aliphatic hydroxyl groups is 1. The quantitative estimate of drug-likeness (QED) is 0.902. The minimum Gasteiger partial charge on any atom is -0.460 e. The lowest BCUT2D eigenvalue weighted by Gasteiger charge is -2.30. The second-order valence-electron chi connectivity index (χ2n) is 6.03. The molecule has 0 saturated heterocycles. The molecule has 0 amide bonds. The van der Waals surface area contributed by atoms with Crippen LogP contribution in [0.4, 0.5) is 4.39 Å². The summed E-state index contributed by atoms with van der Waals surface area (Å²) in [6, 6.07) is 6.72. The van der Waals surface area contributed by atoms with E-state index in [2.05, 4.69) is 12.2 Å². The van der Waals surface area contributed by atoms with Crippen molar-refractivity contribution < 1.29 is 13.9 Å². The van der Waals surface area contributed by atoms with E-state index in [1.54, 1.807) is 6.07 Å². The Balaban J connectivity index is 1.71. The van der Waals surface area contributed by atoms with E-state index in [9.17, 15) is 9.50 Å². The molecule has 1 aliphatic rings. The fourth-order valence-corrected chi connectivity index (χ4v) is 3.15. The first-order valence-electron chi connectivity index (χ1n) is 7.13. The molecule has 1 heterocycles. The largest absolute Gasteiger partial charge is 0.460 e. The summed E-state index contributed by atoms with van der Waals surface area (Å²) in [6.07, 6.45) is 3.26. The van der Waals surface area contributed by atoms with Gasteiger partial charge in [-0.25, -0.2) is 4.39 Å². The van der Waals surface area contributed by atoms with E-state index in [0.29, 0.717) is 18.2 Å². The van der Waals surface area contributed by atoms with Gasteiger partial charge in [-0.1, -0.05) is 13.3 Å². The molecule has 3 rings (SSSR count). The van der Waals surface area contributed by atoms with Gasteiger partial charge in [0.15, 0.2) is 0 Å². The summed E-state index contributed by atoms with van der Waals surface area (Å²) in [5.41, 5.74) is 0.664. The zero-order chi connectivity index (χ0) is 14.2. The van der Waals surface area contributed by atoms with Crippen LogP contribution in [0.1, 0.15) is 31.9 Å². The summed E-state index contributed by atoms with van der Waals surface area (Å²) >= 11 is 0. The third-order valence-corrected chi connectivity index (χ3v) is 4.50. The van der Waals surface area contributed by atoms with Crippen molar-refractivity contribution in [2.24, 2.45) is 5.41 Å². The normalized spacial score (nSPS) is 26.4. The highest BCUT2D eigenvalue weighted by Gasteiger charge is 2.37. The number of rotatable bonds is 4. The van der Waals surface area contributed by atoms with Gasteiger partial charge in [-0.15, -0.1) is 0 Å². The van der Waals surface area contributed by atoms with Crippen LogP contribution in [0.25, 0.3) is 11.0 Å². The summed E-state index contributed by atoms with van der Waals surface area (Å²) in [6.45, 7) is 2.93. The van der Waals surface area contributed by atoms with Gasteiger partial charge in [0.25, 0.3) is 0 Å². The van der Waals surface area contributed by atoms with Crippen LogP contribution in [0.5, 0.6) is 0 Å². The second kappa shape index (κ2) is 5.19. The maximum atomic E-state index is 13.1.